The van der Waals surface area contributed by atoms with Crippen molar-refractivity contribution in [3.63, 3.8) is 0 Å². The van der Waals surface area contributed by atoms with E-state index in [1.165, 1.54) is 29.5 Å². The third kappa shape index (κ3) is 3.14. The minimum Gasteiger partial charge on any atom is -0.258 e. The van der Waals surface area contributed by atoms with Crippen molar-refractivity contribution in [2.24, 2.45) is 0 Å². The van der Waals surface area contributed by atoms with Gasteiger partial charge in [-0.05, 0) is 49.7 Å². The molecule has 0 aliphatic carbocycles. The number of nitro benzene ring substituents is 1. The molecule has 6 heteroatoms. The second-order valence-electron chi connectivity index (χ2n) is 4.36. The first-order chi connectivity index (χ1) is 9.51. The van der Waals surface area contributed by atoms with Crippen LogP contribution in [0.5, 0.6) is 0 Å². The van der Waals surface area contributed by atoms with Crippen LogP contribution in [-0.4, -0.2) is 14.9 Å². The molecule has 1 aromatic heterocycles. The maximum atomic E-state index is 10.6. The predicted octanol–water partition coefficient (Wildman–Crippen LogP) is 3.72. The Balaban J connectivity index is 2.24. The summed E-state index contributed by atoms with van der Waals surface area (Å²) in [7, 11) is 0. The van der Waals surface area contributed by atoms with Crippen LogP contribution < -0.4 is 0 Å². The second-order valence-corrected chi connectivity index (χ2v) is 5.40. The van der Waals surface area contributed by atoms with Crippen LogP contribution in [-0.2, 0) is 6.42 Å². The van der Waals surface area contributed by atoms with Gasteiger partial charge in [-0.3, -0.25) is 10.1 Å². The number of rotatable bonds is 4. The van der Waals surface area contributed by atoms with E-state index in [1.807, 2.05) is 13.8 Å². The molecule has 104 valence electrons. The molecule has 0 N–H and O–H groups in total. The highest BCUT2D eigenvalue weighted by atomic mass is 32.2. The molecule has 0 amide bonds. The van der Waals surface area contributed by atoms with Crippen molar-refractivity contribution in [1.29, 1.82) is 0 Å². The van der Waals surface area contributed by atoms with Gasteiger partial charge in [0.25, 0.3) is 5.69 Å². The zero-order valence-corrected chi connectivity index (χ0v) is 12.4. The van der Waals surface area contributed by atoms with Gasteiger partial charge in [-0.25, -0.2) is 9.97 Å². The maximum Gasteiger partial charge on any atom is 0.269 e. The Labute approximate surface area is 121 Å². The van der Waals surface area contributed by atoms with E-state index in [0.717, 1.165) is 22.7 Å². The number of nitro groups is 1. The molecule has 0 aliphatic heterocycles. The fraction of sp³-hybridized carbons (Fsp3) is 0.286. The fourth-order valence-electron chi connectivity index (χ4n) is 2.01. The van der Waals surface area contributed by atoms with Crippen molar-refractivity contribution in [1.82, 2.24) is 9.97 Å². The molecule has 0 saturated carbocycles. The topological polar surface area (TPSA) is 68.9 Å². The summed E-state index contributed by atoms with van der Waals surface area (Å²) in [5, 5.41) is 11.3. The van der Waals surface area contributed by atoms with E-state index in [2.05, 4.69) is 16.9 Å². The number of aromatic nitrogens is 2. The molecule has 0 saturated heterocycles. The summed E-state index contributed by atoms with van der Waals surface area (Å²) in [5.74, 6) is 0. The van der Waals surface area contributed by atoms with Crippen LogP contribution in [0, 0.1) is 24.0 Å². The normalized spacial score (nSPS) is 10.6. The van der Waals surface area contributed by atoms with E-state index < -0.39 is 4.92 Å². The monoisotopic (exact) mass is 289 g/mol. The number of hydrogen-bond donors (Lipinski definition) is 0. The fourth-order valence-corrected chi connectivity index (χ4v) is 2.86. The van der Waals surface area contributed by atoms with Gasteiger partial charge in [0.2, 0.25) is 0 Å². The van der Waals surface area contributed by atoms with E-state index in [4.69, 9.17) is 0 Å². The van der Waals surface area contributed by atoms with Crippen molar-refractivity contribution in [3.05, 3.63) is 51.3 Å². The summed E-state index contributed by atoms with van der Waals surface area (Å²) in [4.78, 5) is 20.0. The van der Waals surface area contributed by atoms with Crippen molar-refractivity contribution in [3.8, 4) is 0 Å². The molecular formula is C14H15N3O2S. The summed E-state index contributed by atoms with van der Waals surface area (Å²) in [6.07, 6.45) is 0.917. The number of hydrogen-bond acceptors (Lipinski definition) is 5. The van der Waals surface area contributed by atoms with Crippen LogP contribution in [0.2, 0.25) is 0 Å². The summed E-state index contributed by atoms with van der Waals surface area (Å²) >= 11 is 1.41. The zero-order chi connectivity index (χ0) is 14.7. The molecule has 0 radical (unpaired) electrons. The van der Waals surface area contributed by atoms with Gasteiger partial charge in [-0.15, -0.1) is 0 Å². The Hall–Kier alpha value is -1.95. The van der Waals surface area contributed by atoms with Gasteiger partial charge in [-0.1, -0.05) is 6.92 Å². The number of aryl methyl sites for hydroxylation is 2. The molecule has 0 bridgehead atoms. The van der Waals surface area contributed by atoms with E-state index in [0.29, 0.717) is 5.16 Å². The lowest BCUT2D eigenvalue weighted by molar-refractivity contribution is -0.384. The van der Waals surface area contributed by atoms with Crippen LogP contribution in [0.15, 0.2) is 34.3 Å². The van der Waals surface area contributed by atoms with Gasteiger partial charge in [-0.2, -0.15) is 0 Å². The van der Waals surface area contributed by atoms with E-state index in [1.54, 1.807) is 12.1 Å². The van der Waals surface area contributed by atoms with Crippen molar-refractivity contribution < 1.29 is 4.92 Å². The molecule has 20 heavy (non-hydrogen) atoms. The summed E-state index contributed by atoms with van der Waals surface area (Å²) < 4.78 is 0. The zero-order valence-electron chi connectivity index (χ0n) is 11.6. The van der Waals surface area contributed by atoms with E-state index >= 15 is 0 Å². The average Bonchev–Trinajstić information content (AvgIpc) is 2.39. The molecule has 0 atom stereocenters. The quantitative estimate of drug-likeness (QED) is 0.487. The molecule has 2 aromatic rings. The van der Waals surface area contributed by atoms with Gasteiger partial charge in [0.1, 0.15) is 0 Å². The minimum atomic E-state index is -0.407. The van der Waals surface area contributed by atoms with Crippen molar-refractivity contribution in [2.75, 3.05) is 0 Å². The van der Waals surface area contributed by atoms with Gasteiger partial charge in [0.15, 0.2) is 5.16 Å². The highest BCUT2D eigenvalue weighted by molar-refractivity contribution is 7.99. The van der Waals surface area contributed by atoms with Crippen molar-refractivity contribution in [2.45, 2.75) is 37.2 Å². The first-order valence-electron chi connectivity index (χ1n) is 6.27. The predicted molar refractivity (Wildman–Crippen MR) is 78.1 cm³/mol. The Morgan fingerprint density at radius 2 is 1.70 bits per heavy atom. The van der Waals surface area contributed by atoms with E-state index in [-0.39, 0.29) is 5.69 Å². The molecule has 0 spiro atoms. The first kappa shape index (κ1) is 14.5. The maximum absolute atomic E-state index is 10.6. The second kappa shape index (κ2) is 6.00. The van der Waals surface area contributed by atoms with Crippen LogP contribution in [0.4, 0.5) is 5.69 Å². The number of benzene rings is 1. The standard InChI is InChI=1S/C14H15N3O2S/c1-4-13-9(2)15-14(16-10(13)3)20-12-7-5-11(6-8-12)17(18)19/h5-8H,4H2,1-3H3. The smallest absolute Gasteiger partial charge is 0.258 e. The summed E-state index contributed by atoms with van der Waals surface area (Å²) in [6.45, 7) is 6.04. The molecule has 2 rings (SSSR count). The Bertz CT molecular complexity index is 618. The van der Waals surface area contributed by atoms with Crippen molar-refractivity contribution >= 4 is 17.4 Å². The van der Waals surface area contributed by atoms with Crippen LogP contribution in [0.1, 0.15) is 23.9 Å². The average molecular weight is 289 g/mol. The third-order valence-electron chi connectivity index (χ3n) is 3.01. The lowest BCUT2D eigenvalue weighted by Crippen LogP contribution is -2.00. The molecule has 5 nitrogen and oxygen atoms in total. The molecule has 0 fully saturated rings. The summed E-state index contributed by atoms with van der Waals surface area (Å²) in [5.41, 5.74) is 3.25. The van der Waals surface area contributed by atoms with Crippen LogP contribution in [0.3, 0.4) is 0 Å². The number of nitrogens with zero attached hydrogens (tertiary/aromatic N) is 3. The Morgan fingerprint density at radius 3 is 2.15 bits per heavy atom. The highest BCUT2D eigenvalue weighted by Gasteiger charge is 2.09. The minimum absolute atomic E-state index is 0.0870. The molecule has 1 heterocycles. The molecule has 1 aromatic carbocycles. The van der Waals surface area contributed by atoms with Gasteiger partial charge < -0.3 is 0 Å². The molecule has 0 aliphatic rings. The largest absolute Gasteiger partial charge is 0.269 e. The summed E-state index contributed by atoms with van der Waals surface area (Å²) in [6, 6.07) is 6.40. The SMILES string of the molecule is CCc1c(C)nc(Sc2ccc([N+](=O)[O-])cc2)nc1C. The van der Waals surface area contributed by atoms with Gasteiger partial charge in [0.05, 0.1) is 4.92 Å². The molecule has 0 unspecified atom stereocenters. The highest BCUT2D eigenvalue weighted by Crippen LogP contribution is 2.27. The van der Waals surface area contributed by atoms with E-state index in [9.17, 15) is 10.1 Å². The van der Waals surface area contributed by atoms with Crippen LogP contribution >= 0.6 is 11.8 Å². The van der Waals surface area contributed by atoms with Crippen LogP contribution in [0.25, 0.3) is 0 Å². The van der Waals surface area contributed by atoms with Gasteiger partial charge in [0, 0.05) is 28.4 Å². The molecular weight excluding hydrogens is 274 g/mol. The first-order valence-corrected chi connectivity index (χ1v) is 7.09. The lowest BCUT2D eigenvalue weighted by atomic mass is 10.1. The Kier molecular flexibility index (Phi) is 4.34. The lowest BCUT2D eigenvalue weighted by Gasteiger charge is -2.08. The number of non-ortho nitro benzene ring substituents is 1. The third-order valence-corrected chi connectivity index (χ3v) is 3.88. The Morgan fingerprint density at radius 1 is 1.15 bits per heavy atom. The van der Waals surface area contributed by atoms with Gasteiger partial charge >= 0.3 is 0 Å².